The van der Waals surface area contributed by atoms with Gasteiger partial charge < -0.3 is 114 Å². The van der Waals surface area contributed by atoms with E-state index in [1.807, 2.05) is 0 Å². The van der Waals surface area contributed by atoms with Crippen LogP contribution in [0.5, 0.6) is 0 Å². The van der Waals surface area contributed by atoms with E-state index in [9.17, 15) is 154 Å². The molecule has 6 aromatic rings. The Bertz CT molecular complexity index is 5560. The lowest BCUT2D eigenvalue weighted by Crippen LogP contribution is -2.50. The Labute approximate surface area is 797 Å². The molecule has 5 amide bonds. The van der Waals surface area contributed by atoms with Crippen LogP contribution in [-0.4, -0.2) is 264 Å². The van der Waals surface area contributed by atoms with Gasteiger partial charge in [0.15, 0.2) is 0 Å². The number of nitrogens with zero attached hydrogens (tertiary/aromatic N) is 13. The van der Waals surface area contributed by atoms with Crippen LogP contribution < -0.4 is 10.6 Å². The maximum absolute atomic E-state index is 12.1. The first-order chi connectivity index (χ1) is 64.1. The predicted molar refractivity (Wildman–Crippen MR) is 461 cm³/mol. The number of benzene rings is 1. The van der Waals surface area contributed by atoms with Crippen molar-refractivity contribution in [3.63, 3.8) is 0 Å². The summed E-state index contributed by atoms with van der Waals surface area (Å²) in [6, 6.07) is 15.9. The molecule has 7 heterocycles. The molecule has 5 aromatic heterocycles. The minimum absolute atomic E-state index is 0.0143. The van der Waals surface area contributed by atoms with E-state index in [-0.39, 0.29) is 90.4 Å². The molecule has 1 aromatic carbocycles. The topological polar surface area (TPSA) is 920 Å². The Morgan fingerprint density at radius 2 is 0.891 bits per heavy atom. The molecule has 0 radical (unpaired) electrons. The SMILES string of the molecule is CC(C)(CO[N+](=O)[O-])C(=O)N1C(=O)SCC1C(=O)O.O=C(NCCO[N+](=O)[O-])c1ccc(=S)[nH]c1.O=C(NCCO[N+](=O)[O-])c1ccc[nH]c1=S.O=C(O)C1CSC(=O)N1CC(CO[N+](=O)[O-])O[N+](=O)[O-].O=C(O)c1cc(CC(CO[N+](=O)[O-])O[N+](=O)[O-])c[nH]c1=S.O=C(O)c1cc(CC(CO[N+](=O)[O-])O[N+](=O)[O-])ccc1S.O=[N+]([O-])OCc1ccc(=S)[nH]c1.O=[N+]([O-])OCc1ccc[nH]c1=S. The van der Waals surface area contributed by atoms with Crippen LogP contribution in [0, 0.1) is 140 Å². The molecule has 2 aliphatic heterocycles. The molecule has 0 aliphatic carbocycles. The summed E-state index contributed by atoms with van der Waals surface area (Å²) in [7, 11) is 0. The van der Waals surface area contributed by atoms with Gasteiger partial charge in [0, 0.05) is 78.9 Å². The molecule has 2 saturated heterocycles. The second-order valence-corrected chi connectivity index (χ2v) is 29.7. The van der Waals surface area contributed by atoms with Gasteiger partial charge in [0.05, 0.1) is 34.2 Å². The molecule has 8 rings (SSSR count). The molecule has 5 atom stereocenters. The molecule has 746 valence electrons. The van der Waals surface area contributed by atoms with Crippen molar-refractivity contribution >= 4 is 149 Å². The maximum atomic E-state index is 12.1. The summed E-state index contributed by atoms with van der Waals surface area (Å²) < 4.78 is 1.86. The summed E-state index contributed by atoms with van der Waals surface area (Å²) in [5, 5.41) is 138. The fraction of sp³-hybridized carbons (Fsp3) is 0.365. The number of thioether (sulfide) groups is 2. The standard InChI is InChI=1S/C10H10N2O8S.C9H9N3O8S.C9H12N2O7S.2C8H9N3O4S.C7H9N3O9S.2C6H6N2O3S/c13-10(14)8-4-6(1-2-9(8)21)3-7(20-12(17)18)5-19-11(15)16;13-9(14)7-2-5(3-10-8(7)21)1-6(20-12(17)18)4-19-11(15)16;1-9(2,4-18-11(16)17)7(14)10-5(6(12)13)3-19-8(10)15;12-8(9-3-4-15-11(13)14)6-1-2-7(16)10-5-6;12-7(9-4-5-15-11(13)14)6-2-1-3-10-8(6)16;11-6(12)5-3-20-7(13)8(5)1-4(19-10(16)17)2-18-9(14)15;9-8(10)11-4-5-1-2-6(12)7-3-5;9-8(10)11-4-5-2-1-3-7-6(5)12/h1-2,4,7,21H,3,5H2,(H,13,14);2-3,6H,1,4H2,(H,10,21)(H,13,14);5H,3-4H2,1-2H3,(H,12,13);1-2,5H,3-4H2,(H,9,12)(H,10,16);1-3H,4-5H2,(H,9,12)(H,10,16);4-5H,1-3H2,(H,11,12);2*1-3H,4H2,(H,7,12). The highest BCUT2D eigenvalue weighted by molar-refractivity contribution is 8.14. The van der Waals surface area contributed by atoms with Crippen molar-refractivity contribution in [2.24, 2.45) is 5.41 Å². The zero-order chi connectivity index (χ0) is 104. The van der Waals surface area contributed by atoms with E-state index in [1.165, 1.54) is 50.5 Å². The lowest BCUT2D eigenvalue weighted by molar-refractivity contribution is -0.789. The molecule has 0 spiro atoms. The highest BCUT2D eigenvalue weighted by Gasteiger charge is 2.47. The zero-order valence-electron chi connectivity index (χ0n) is 68.9. The van der Waals surface area contributed by atoms with E-state index < -0.39 is 171 Å². The molecule has 0 saturated carbocycles. The second-order valence-electron chi connectivity index (χ2n) is 25.2. The summed E-state index contributed by atoms with van der Waals surface area (Å²) in [6.45, 7) is -0.927. The molecule has 74 heteroatoms. The van der Waals surface area contributed by atoms with Crippen molar-refractivity contribution in [3.8, 4) is 0 Å². The van der Waals surface area contributed by atoms with Crippen molar-refractivity contribution in [3.05, 3.63) is 283 Å². The number of nitrogens with one attached hydrogen (secondary N) is 7. The van der Waals surface area contributed by atoms with Crippen molar-refractivity contribution in [1.82, 2.24) is 45.4 Å². The first-order valence-corrected chi connectivity index (χ1v) is 40.4. The number of pyridine rings is 5. The Balaban J connectivity index is 0.000000788. The first-order valence-electron chi connectivity index (χ1n) is 35.9. The maximum Gasteiger partial charge on any atom is 0.338 e. The molecule has 2 fully saturated rings. The number of aromatic amines is 5. The summed E-state index contributed by atoms with van der Waals surface area (Å²) in [5.74, 6) is -6.66. The minimum atomic E-state index is -1.46. The third-order valence-electron chi connectivity index (χ3n) is 15.1. The van der Waals surface area contributed by atoms with Gasteiger partial charge >= 0.3 is 23.9 Å². The van der Waals surface area contributed by atoms with Crippen molar-refractivity contribution in [2.45, 2.75) is 75.2 Å². The number of carbonyl (C=O) groups excluding carboxylic acids is 5. The van der Waals surface area contributed by atoms with Crippen LogP contribution in [0.15, 0.2) is 109 Å². The lowest BCUT2D eigenvalue weighted by atomic mass is 9.92. The molecule has 2 aliphatic rings. The van der Waals surface area contributed by atoms with Gasteiger partial charge in [-0.15, -0.1) is 124 Å². The van der Waals surface area contributed by atoms with Gasteiger partial charge in [-0.05, 0) is 85.1 Å². The average Bonchev–Trinajstić information content (AvgIpc) is 1.67. The highest BCUT2D eigenvalue weighted by atomic mass is 32.2. The number of carbonyl (C=O) groups is 9. The number of carboxylic acids is 4. The van der Waals surface area contributed by atoms with Gasteiger partial charge in [-0.3, -0.25) is 28.9 Å². The third kappa shape index (κ3) is 50.8. The van der Waals surface area contributed by atoms with Crippen LogP contribution in [0.2, 0.25) is 0 Å². The number of thiol groups is 1. The van der Waals surface area contributed by atoms with E-state index >= 15 is 0 Å². The molecular weight excluding hydrogens is 2030 g/mol. The molecule has 5 unspecified atom stereocenters. The number of hydrogen-bond acceptors (Lipinski definition) is 50. The Hall–Kier alpha value is -16.2. The van der Waals surface area contributed by atoms with Crippen LogP contribution >= 0.6 is 97.2 Å². The number of H-pyrrole nitrogens is 5. The summed E-state index contributed by atoms with van der Waals surface area (Å²) in [5.41, 5.74) is 1.02. The van der Waals surface area contributed by atoms with Gasteiger partial charge in [-0.2, -0.15) is 0 Å². The smallest absolute Gasteiger partial charge is 0.338 e. The normalized spacial score (nSPS) is 12.9. The number of aliphatic carboxylic acids is 2. The van der Waals surface area contributed by atoms with Crippen LogP contribution in [0.1, 0.15) is 77.5 Å². The fourth-order valence-corrected chi connectivity index (χ4v) is 12.2. The van der Waals surface area contributed by atoms with Gasteiger partial charge in [0.25, 0.3) is 78.2 Å². The number of carboxylic acid groups (broad SMARTS) is 4. The monoisotopic (exact) mass is 2100 g/mol. The van der Waals surface area contributed by atoms with Crippen LogP contribution in [0.25, 0.3) is 0 Å². The Kier molecular flexibility index (Phi) is 53.9. The van der Waals surface area contributed by atoms with E-state index in [0.717, 1.165) is 28.4 Å². The third-order valence-corrected chi connectivity index (χ3v) is 18.9. The van der Waals surface area contributed by atoms with E-state index in [1.54, 1.807) is 67.1 Å². The Morgan fingerprint density at radius 3 is 1.35 bits per heavy atom. The van der Waals surface area contributed by atoms with E-state index in [0.29, 0.717) is 56.8 Å². The number of aromatic nitrogens is 5. The number of amides is 5. The van der Waals surface area contributed by atoms with Gasteiger partial charge in [-0.1, -0.05) is 103 Å². The molecule has 11 N–H and O–H groups in total. The van der Waals surface area contributed by atoms with Crippen LogP contribution in [0.3, 0.4) is 0 Å². The zero-order valence-corrected chi connectivity index (χ0v) is 75.5. The number of rotatable bonds is 45. The molecular formula is C63H70N20O46S8. The summed E-state index contributed by atoms with van der Waals surface area (Å²) in [4.78, 5) is 272. The van der Waals surface area contributed by atoms with Gasteiger partial charge in [-0.25, -0.2) is 19.2 Å². The summed E-state index contributed by atoms with van der Waals surface area (Å²) >= 11 is 29.5. The summed E-state index contributed by atoms with van der Waals surface area (Å²) in [6.07, 6.45) is 3.35. The van der Waals surface area contributed by atoms with Crippen molar-refractivity contribution in [2.75, 3.05) is 70.8 Å². The first kappa shape index (κ1) is 119. The quantitative estimate of drug-likeness (QED) is 0.00706. The van der Waals surface area contributed by atoms with Crippen molar-refractivity contribution < 1.29 is 173 Å². The largest absolute Gasteiger partial charge is 0.480 e. The number of aromatic carboxylic acids is 2. The number of imide groups is 1. The van der Waals surface area contributed by atoms with Gasteiger partial charge in [0.1, 0.15) is 106 Å². The minimum Gasteiger partial charge on any atom is -0.480 e. The lowest BCUT2D eigenvalue weighted by Gasteiger charge is -2.28. The molecule has 66 nitrogen and oxygen atoms in total. The highest BCUT2D eigenvalue weighted by Crippen LogP contribution is 2.31. The van der Waals surface area contributed by atoms with Crippen molar-refractivity contribution in [1.29, 1.82) is 0 Å². The van der Waals surface area contributed by atoms with Crippen LogP contribution in [-0.2, 0) is 93.7 Å². The molecule has 0 bridgehead atoms. The van der Waals surface area contributed by atoms with Gasteiger partial charge in [0.2, 0.25) is 5.91 Å². The molecule has 137 heavy (non-hydrogen) atoms. The van der Waals surface area contributed by atoms with E-state index in [2.05, 4.69) is 101 Å². The average molecular weight is 2100 g/mol. The second kappa shape index (κ2) is 62.2. The van der Waals surface area contributed by atoms with E-state index in [4.69, 9.17) is 81.5 Å². The fourth-order valence-electron chi connectivity index (χ4n) is 9.16. The Morgan fingerprint density at radius 1 is 0.467 bits per heavy atom. The van der Waals surface area contributed by atoms with Crippen LogP contribution in [0.4, 0.5) is 9.59 Å². The predicted octanol–water partition coefficient (Wildman–Crippen LogP) is 5.80. The number of hydrogen-bond donors (Lipinski definition) is 12.